The van der Waals surface area contributed by atoms with Gasteiger partial charge >= 0.3 is 0 Å². The fourth-order valence-corrected chi connectivity index (χ4v) is 10.9. The van der Waals surface area contributed by atoms with E-state index >= 15 is 0 Å². The lowest BCUT2D eigenvalue weighted by atomic mass is 10.1. The zero-order valence-corrected chi connectivity index (χ0v) is 37.4. The molecule has 8 heteroatoms. The monoisotopic (exact) mass is 895 g/mol. The molecule has 0 aliphatic rings. The van der Waals surface area contributed by atoms with Crippen LogP contribution in [0.2, 0.25) is 0 Å². The lowest BCUT2D eigenvalue weighted by molar-refractivity contribution is 0.677. The Kier molecular flexibility index (Phi) is 8.20. The Morgan fingerprint density at radius 3 is 1.31 bits per heavy atom. The summed E-state index contributed by atoms with van der Waals surface area (Å²) in [5, 5.41) is 7.69. The summed E-state index contributed by atoms with van der Waals surface area (Å²) in [6.07, 6.45) is 1.88. The number of hydrogen-bond acceptors (Lipinski definition) is 5. The summed E-state index contributed by atoms with van der Waals surface area (Å²) in [6.45, 7) is 0. The number of para-hydroxylation sites is 3. The highest BCUT2D eigenvalue weighted by atomic mass is 16.3. The SMILES string of the molecule is c1ccc(-c2nc(-c3ccccc3)nc(-c3ccc(-n4c5ccccc5c5c6oc7c(ccc8c7c7ccccc7n8-c7ccc8c(c7)c7ncccc7n8-c7ccccc7)c6ccc54)cc3)n2)cc1. The Labute approximate surface area is 399 Å². The minimum atomic E-state index is 0.617. The Bertz CT molecular complexity index is 4510. The Balaban J connectivity index is 0.895. The third kappa shape index (κ3) is 5.64. The third-order valence-corrected chi connectivity index (χ3v) is 13.9. The van der Waals surface area contributed by atoms with Gasteiger partial charge in [0.1, 0.15) is 11.2 Å². The van der Waals surface area contributed by atoms with E-state index in [9.17, 15) is 0 Å². The van der Waals surface area contributed by atoms with Gasteiger partial charge in [0.25, 0.3) is 0 Å². The summed E-state index contributed by atoms with van der Waals surface area (Å²) in [5.41, 5.74) is 15.2. The smallest absolute Gasteiger partial charge is 0.164 e. The van der Waals surface area contributed by atoms with Gasteiger partial charge in [-0.1, -0.05) is 115 Å². The number of furan rings is 1. The summed E-state index contributed by atoms with van der Waals surface area (Å²) < 4.78 is 14.3. The molecule has 0 fully saturated rings. The molecule has 0 bridgehead atoms. The molecule has 6 heterocycles. The van der Waals surface area contributed by atoms with Crippen molar-refractivity contribution in [3.05, 3.63) is 225 Å². The fraction of sp³-hybridized carbons (Fsp3) is 0. The highest BCUT2D eigenvalue weighted by molar-refractivity contribution is 6.29. The first kappa shape index (κ1) is 38.4. The van der Waals surface area contributed by atoms with Crippen LogP contribution in [0.4, 0.5) is 0 Å². The van der Waals surface area contributed by atoms with E-state index in [0.29, 0.717) is 17.5 Å². The Hall–Kier alpha value is -9.66. The second-order valence-electron chi connectivity index (χ2n) is 17.8. The molecule has 0 radical (unpaired) electrons. The first-order valence-electron chi connectivity index (χ1n) is 23.5. The van der Waals surface area contributed by atoms with E-state index in [0.717, 1.165) is 121 Å². The van der Waals surface area contributed by atoms with Crippen LogP contribution in [0.25, 0.3) is 139 Å². The molecule has 0 spiro atoms. The number of nitrogens with zero attached hydrogens (tertiary/aromatic N) is 7. The number of benzene rings is 9. The van der Waals surface area contributed by atoms with Crippen molar-refractivity contribution in [2.45, 2.75) is 0 Å². The van der Waals surface area contributed by atoms with Gasteiger partial charge in [0, 0.05) is 66.9 Å². The quantitative estimate of drug-likeness (QED) is 0.166. The van der Waals surface area contributed by atoms with Crippen LogP contribution >= 0.6 is 0 Å². The molecule has 0 unspecified atom stereocenters. The molecule has 6 aromatic heterocycles. The summed E-state index contributed by atoms with van der Waals surface area (Å²) in [6, 6.07) is 76.4. The number of aromatic nitrogens is 7. The number of pyridine rings is 1. The molecule has 0 aliphatic carbocycles. The maximum atomic E-state index is 7.28. The van der Waals surface area contributed by atoms with Gasteiger partial charge in [0.15, 0.2) is 17.5 Å². The molecule has 15 aromatic rings. The predicted molar refractivity (Wildman–Crippen MR) is 284 cm³/mol. The van der Waals surface area contributed by atoms with E-state index in [1.807, 2.05) is 72.9 Å². The van der Waals surface area contributed by atoms with Crippen molar-refractivity contribution in [3.8, 4) is 51.2 Å². The molecule has 8 nitrogen and oxygen atoms in total. The van der Waals surface area contributed by atoms with Crippen molar-refractivity contribution < 1.29 is 4.42 Å². The lowest BCUT2D eigenvalue weighted by Crippen LogP contribution is -2.00. The number of hydrogen-bond donors (Lipinski definition) is 0. The van der Waals surface area contributed by atoms with Crippen molar-refractivity contribution in [2.24, 2.45) is 0 Å². The van der Waals surface area contributed by atoms with E-state index in [1.165, 1.54) is 0 Å². The van der Waals surface area contributed by atoms with E-state index in [1.54, 1.807) is 0 Å². The minimum Gasteiger partial charge on any atom is -0.455 e. The molecule has 0 amide bonds. The molecule has 0 aliphatic heterocycles. The van der Waals surface area contributed by atoms with Gasteiger partial charge in [0.2, 0.25) is 0 Å². The van der Waals surface area contributed by atoms with Gasteiger partial charge in [-0.3, -0.25) is 4.98 Å². The Morgan fingerprint density at radius 1 is 0.300 bits per heavy atom. The maximum Gasteiger partial charge on any atom is 0.164 e. The highest BCUT2D eigenvalue weighted by Gasteiger charge is 2.24. The van der Waals surface area contributed by atoms with Crippen LogP contribution in [0.1, 0.15) is 0 Å². The van der Waals surface area contributed by atoms with Crippen molar-refractivity contribution in [1.29, 1.82) is 0 Å². The minimum absolute atomic E-state index is 0.617. The fourth-order valence-electron chi connectivity index (χ4n) is 10.9. The number of rotatable bonds is 6. The second-order valence-corrected chi connectivity index (χ2v) is 17.8. The summed E-state index contributed by atoms with van der Waals surface area (Å²) >= 11 is 0. The summed E-state index contributed by atoms with van der Waals surface area (Å²) in [5.74, 6) is 1.89. The van der Waals surface area contributed by atoms with E-state index in [4.69, 9.17) is 24.4 Å². The van der Waals surface area contributed by atoms with Crippen LogP contribution in [0.5, 0.6) is 0 Å². The summed E-state index contributed by atoms with van der Waals surface area (Å²) in [4.78, 5) is 19.8. The molecular formula is C62H37N7O. The van der Waals surface area contributed by atoms with E-state index in [-0.39, 0.29) is 0 Å². The third-order valence-electron chi connectivity index (χ3n) is 13.9. The van der Waals surface area contributed by atoms with Gasteiger partial charge in [-0.25, -0.2) is 15.0 Å². The zero-order chi connectivity index (χ0) is 45.9. The number of fused-ring (bicyclic) bond motifs is 14. The average molecular weight is 896 g/mol. The highest BCUT2D eigenvalue weighted by Crippen LogP contribution is 2.45. The van der Waals surface area contributed by atoms with Gasteiger partial charge < -0.3 is 18.1 Å². The largest absolute Gasteiger partial charge is 0.455 e. The topological polar surface area (TPSA) is 79.5 Å². The van der Waals surface area contributed by atoms with Gasteiger partial charge in [-0.15, -0.1) is 0 Å². The van der Waals surface area contributed by atoms with Crippen LogP contribution in [-0.4, -0.2) is 33.6 Å². The van der Waals surface area contributed by atoms with Gasteiger partial charge in [-0.05, 0) is 103 Å². The van der Waals surface area contributed by atoms with Crippen molar-refractivity contribution >= 4 is 87.5 Å². The lowest BCUT2D eigenvalue weighted by Gasteiger charge is -2.10. The molecule has 70 heavy (non-hydrogen) atoms. The van der Waals surface area contributed by atoms with Crippen molar-refractivity contribution in [2.75, 3.05) is 0 Å². The molecule has 0 saturated carbocycles. The second kappa shape index (κ2) is 14.9. The normalized spacial score (nSPS) is 12.0. The van der Waals surface area contributed by atoms with E-state index in [2.05, 4.69) is 165 Å². The molecular weight excluding hydrogens is 859 g/mol. The van der Waals surface area contributed by atoms with Crippen LogP contribution < -0.4 is 0 Å². The van der Waals surface area contributed by atoms with Crippen molar-refractivity contribution in [1.82, 2.24) is 33.6 Å². The molecule has 0 saturated heterocycles. The zero-order valence-electron chi connectivity index (χ0n) is 37.4. The molecule has 326 valence electrons. The summed E-state index contributed by atoms with van der Waals surface area (Å²) in [7, 11) is 0. The average Bonchev–Trinajstić information content (AvgIpc) is 4.18. The first-order chi connectivity index (χ1) is 34.7. The molecule has 0 N–H and O–H groups in total. The van der Waals surface area contributed by atoms with Crippen LogP contribution in [0.3, 0.4) is 0 Å². The van der Waals surface area contributed by atoms with E-state index < -0.39 is 0 Å². The van der Waals surface area contributed by atoms with Crippen molar-refractivity contribution in [3.63, 3.8) is 0 Å². The van der Waals surface area contributed by atoms with Gasteiger partial charge in [-0.2, -0.15) is 0 Å². The molecule has 9 aromatic carbocycles. The molecule has 15 rings (SSSR count). The van der Waals surface area contributed by atoms with Gasteiger partial charge in [0.05, 0.1) is 49.4 Å². The van der Waals surface area contributed by atoms with Crippen LogP contribution in [0, 0.1) is 0 Å². The molecule has 0 atom stereocenters. The van der Waals surface area contributed by atoms with Crippen LogP contribution in [-0.2, 0) is 0 Å². The first-order valence-corrected chi connectivity index (χ1v) is 23.5. The Morgan fingerprint density at radius 2 is 0.729 bits per heavy atom. The maximum absolute atomic E-state index is 7.28. The standard InChI is InChI=1S/C62H37N7O/c1-4-15-38(16-5-1)60-64-61(39-17-6-2-7-18-39)66-62(65-60)40-26-28-42(29-27-40)67-49-23-12-10-21-46(49)55-52(67)34-31-44-45-32-35-53-56(59(45)70-58(44)55)47-22-11-13-24-50(47)69(53)43-30-33-51-48(37-43)57-54(25-14-36-63-57)68(51)41-19-8-3-9-20-41/h1-37H. The van der Waals surface area contributed by atoms with Crippen LogP contribution in [0.15, 0.2) is 229 Å². The predicted octanol–water partition coefficient (Wildman–Crippen LogP) is 15.5.